The Morgan fingerprint density at radius 2 is 1.88 bits per heavy atom. The smallest absolute Gasteiger partial charge is 0.416 e. The topological polar surface area (TPSA) is 60.9 Å². The highest BCUT2D eigenvalue weighted by molar-refractivity contribution is 7.98. The maximum absolute atomic E-state index is 13.1. The molecule has 216 valence electrons. The molecule has 1 aromatic heterocycles. The fourth-order valence-electron chi connectivity index (χ4n) is 4.20. The second-order valence-corrected chi connectivity index (χ2v) is 11.4. The minimum absolute atomic E-state index is 0.300. The van der Waals surface area contributed by atoms with Gasteiger partial charge in [0.25, 0.3) is 0 Å². The average Bonchev–Trinajstić information content (AvgIpc) is 3.35. The number of carbonyl (C=O) groups is 1. The number of esters is 1. The standard InChI is InChI=1S/C29H33F3N2O4S2/c1-4-20-16-23(10-11-25(20)38-19(3)28(35)37-5-2)39-18-26-24(17-34-12-14-36-15-13-34)33-27(40-26)21-6-8-22(9-7-21)29(30,31)32/h6-11,16,19H,4-5,12-15,17-18H2,1-3H3. The summed E-state index contributed by atoms with van der Waals surface area (Å²) >= 11 is 3.18. The second-order valence-electron chi connectivity index (χ2n) is 9.28. The summed E-state index contributed by atoms with van der Waals surface area (Å²) < 4.78 is 55.6. The van der Waals surface area contributed by atoms with E-state index < -0.39 is 23.8 Å². The monoisotopic (exact) mass is 594 g/mol. The predicted molar refractivity (Wildman–Crippen MR) is 151 cm³/mol. The third-order valence-electron chi connectivity index (χ3n) is 6.42. The molecule has 0 aliphatic carbocycles. The lowest BCUT2D eigenvalue weighted by Gasteiger charge is -2.26. The number of aryl methyl sites for hydroxylation is 1. The number of hydrogen-bond acceptors (Lipinski definition) is 8. The van der Waals surface area contributed by atoms with Gasteiger partial charge in [-0.1, -0.05) is 19.1 Å². The number of halogens is 3. The summed E-state index contributed by atoms with van der Waals surface area (Å²) in [7, 11) is 0. The molecule has 0 bridgehead atoms. The highest BCUT2D eigenvalue weighted by Crippen LogP contribution is 2.36. The SMILES string of the molecule is CCOC(=O)C(C)Oc1ccc(SCc2sc(-c3ccc(C(F)(F)F)cc3)nc2CN2CCOCC2)cc1CC. The van der Waals surface area contributed by atoms with Gasteiger partial charge in [-0.25, -0.2) is 9.78 Å². The van der Waals surface area contributed by atoms with Crippen LogP contribution in [0, 0.1) is 0 Å². The van der Waals surface area contributed by atoms with Crippen LogP contribution in [0.2, 0.25) is 0 Å². The van der Waals surface area contributed by atoms with E-state index in [9.17, 15) is 18.0 Å². The minimum atomic E-state index is -4.38. The number of nitrogens with zero attached hydrogens (tertiary/aromatic N) is 2. The average molecular weight is 595 g/mol. The van der Waals surface area contributed by atoms with Crippen molar-refractivity contribution in [2.24, 2.45) is 0 Å². The van der Waals surface area contributed by atoms with Gasteiger partial charge in [0, 0.05) is 40.7 Å². The van der Waals surface area contributed by atoms with Gasteiger partial charge in [-0.2, -0.15) is 13.2 Å². The van der Waals surface area contributed by atoms with Gasteiger partial charge < -0.3 is 14.2 Å². The number of thioether (sulfide) groups is 1. The summed E-state index contributed by atoms with van der Waals surface area (Å²) in [6.07, 6.45) is -4.34. The lowest BCUT2D eigenvalue weighted by Crippen LogP contribution is -2.35. The first-order valence-corrected chi connectivity index (χ1v) is 15.0. The van der Waals surface area contributed by atoms with E-state index in [1.54, 1.807) is 25.6 Å². The molecule has 0 radical (unpaired) electrons. The van der Waals surface area contributed by atoms with Gasteiger partial charge in [0.1, 0.15) is 10.8 Å². The molecule has 1 saturated heterocycles. The second kappa shape index (κ2) is 13.8. The largest absolute Gasteiger partial charge is 0.479 e. The van der Waals surface area contributed by atoms with Crippen LogP contribution in [0.5, 0.6) is 5.75 Å². The van der Waals surface area contributed by atoms with Gasteiger partial charge in [-0.3, -0.25) is 4.90 Å². The van der Waals surface area contributed by atoms with Crippen molar-refractivity contribution in [1.82, 2.24) is 9.88 Å². The molecule has 1 aliphatic heterocycles. The summed E-state index contributed by atoms with van der Waals surface area (Å²) in [6, 6.07) is 11.1. The molecule has 3 aromatic rings. The summed E-state index contributed by atoms with van der Waals surface area (Å²) in [6.45, 7) is 9.39. The number of thiazole rings is 1. The van der Waals surface area contributed by atoms with Crippen LogP contribution < -0.4 is 4.74 Å². The minimum Gasteiger partial charge on any atom is -0.479 e. The van der Waals surface area contributed by atoms with E-state index in [2.05, 4.69) is 11.0 Å². The van der Waals surface area contributed by atoms with Crippen LogP contribution >= 0.6 is 23.1 Å². The lowest BCUT2D eigenvalue weighted by atomic mass is 10.1. The number of morpholine rings is 1. The summed E-state index contributed by atoms with van der Waals surface area (Å²) in [5, 5.41) is 0.707. The Labute approximate surface area is 240 Å². The van der Waals surface area contributed by atoms with Crippen molar-refractivity contribution < 1.29 is 32.2 Å². The first-order valence-electron chi connectivity index (χ1n) is 13.2. The van der Waals surface area contributed by atoms with Crippen molar-refractivity contribution in [3.05, 3.63) is 64.2 Å². The van der Waals surface area contributed by atoms with Crippen molar-refractivity contribution in [2.45, 2.75) is 56.7 Å². The Bertz CT molecular complexity index is 1280. The molecule has 1 atom stereocenters. The van der Waals surface area contributed by atoms with Gasteiger partial charge in [0.2, 0.25) is 0 Å². The number of benzene rings is 2. The molecule has 40 heavy (non-hydrogen) atoms. The number of carbonyl (C=O) groups excluding carboxylic acids is 1. The number of alkyl halides is 3. The van der Waals surface area contributed by atoms with E-state index >= 15 is 0 Å². The van der Waals surface area contributed by atoms with Crippen molar-refractivity contribution in [2.75, 3.05) is 32.9 Å². The fraction of sp³-hybridized carbons (Fsp3) is 0.448. The van der Waals surface area contributed by atoms with Gasteiger partial charge in [-0.05, 0) is 56.2 Å². The third kappa shape index (κ3) is 7.99. The molecule has 4 rings (SSSR count). The lowest BCUT2D eigenvalue weighted by molar-refractivity contribution is -0.150. The van der Waals surface area contributed by atoms with Crippen LogP contribution in [0.15, 0.2) is 47.4 Å². The number of ether oxygens (including phenoxy) is 3. The molecule has 0 saturated carbocycles. The predicted octanol–water partition coefficient (Wildman–Crippen LogP) is 6.85. The molecule has 2 heterocycles. The van der Waals surface area contributed by atoms with E-state index in [-0.39, 0.29) is 0 Å². The number of rotatable bonds is 11. The molecule has 1 fully saturated rings. The van der Waals surface area contributed by atoms with Gasteiger partial charge >= 0.3 is 12.1 Å². The molecule has 0 spiro atoms. The summed E-state index contributed by atoms with van der Waals surface area (Å²) in [5.41, 5.74) is 1.92. The number of aromatic nitrogens is 1. The zero-order valence-corrected chi connectivity index (χ0v) is 24.4. The molecule has 2 aromatic carbocycles. The van der Waals surface area contributed by atoms with E-state index in [0.29, 0.717) is 48.4 Å². The Morgan fingerprint density at radius 3 is 2.52 bits per heavy atom. The number of hydrogen-bond donors (Lipinski definition) is 0. The molecule has 11 heteroatoms. The molecule has 6 nitrogen and oxygen atoms in total. The normalized spacial score (nSPS) is 15.2. The van der Waals surface area contributed by atoms with Gasteiger partial charge in [0.05, 0.1) is 31.1 Å². The first-order chi connectivity index (χ1) is 19.2. The zero-order valence-electron chi connectivity index (χ0n) is 22.8. The maximum Gasteiger partial charge on any atom is 0.416 e. The van der Waals surface area contributed by atoms with Crippen LogP contribution in [0.25, 0.3) is 10.6 Å². The molecular weight excluding hydrogens is 561 g/mol. The Morgan fingerprint density at radius 1 is 1.15 bits per heavy atom. The van der Waals surface area contributed by atoms with Gasteiger partial charge in [-0.15, -0.1) is 23.1 Å². The van der Waals surface area contributed by atoms with E-state index in [1.165, 1.54) is 23.5 Å². The molecule has 0 amide bonds. The highest BCUT2D eigenvalue weighted by atomic mass is 32.2. The molecular formula is C29H33F3N2O4S2. The summed E-state index contributed by atoms with van der Waals surface area (Å²) in [4.78, 5) is 21.3. The van der Waals surface area contributed by atoms with E-state index in [4.69, 9.17) is 19.2 Å². The first kappa shape index (κ1) is 30.4. The van der Waals surface area contributed by atoms with Crippen LogP contribution in [0.1, 0.15) is 42.5 Å². The van der Waals surface area contributed by atoms with Crippen molar-refractivity contribution >= 4 is 29.1 Å². The van der Waals surface area contributed by atoms with Crippen LogP contribution in [0.3, 0.4) is 0 Å². The Kier molecular flexibility index (Phi) is 10.5. The highest BCUT2D eigenvalue weighted by Gasteiger charge is 2.30. The Balaban J connectivity index is 1.52. The van der Waals surface area contributed by atoms with Crippen LogP contribution in [-0.2, 0) is 39.2 Å². The molecule has 1 aliphatic rings. The zero-order chi connectivity index (χ0) is 28.7. The van der Waals surface area contributed by atoms with Gasteiger partial charge in [0.15, 0.2) is 6.10 Å². The third-order valence-corrected chi connectivity index (χ3v) is 8.77. The van der Waals surface area contributed by atoms with Crippen LogP contribution in [0.4, 0.5) is 13.2 Å². The van der Waals surface area contributed by atoms with Crippen molar-refractivity contribution in [3.63, 3.8) is 0 Å². The molecule has 1 unspecified atom stereocenters. The van der Waals surface area contributed by atoms with Crippen LogP contribution in [-0.4, -0.2) is 54.9 Å². The maximum atomic E-state index is 13.1. The van der Waals surface area contributed by atoms with Crippen molar-refractivity contribution in [1.29, 1.82) is 0 Å². The quantitative estimate of drug-likeness (QED) is 0.178. The fourth-order valence-corrected chi connectivity index (χ4v) is 6.34. The van der Waals surface area contributed by atoms with E-state index in [0.717, 1.165) is 52.7 Å². The van der Waals surface area contributed by atoms with Crippen molar-refractivity contribution in [3.8, 4) is 16.3 Å². The van der Waals surface area contributed by atoms with E-state index in [1.807, 2.05) is 19.1 Å². The Hall–Kier alpha value is -2.60. The summed E-state index contributed by atoms with van der Waals surface area (Å²) in [5.74, 6) is 0.924. The molecule has 0 N–H and O–H groups in total.